The Balaban J connectivity index is 2.03. The molecule has 1 aromatic rings. The zero-order valence-corrected chi connectivity index (χ0v) is 16.8. The highest BCUT2D eigenvalue weighted by atomic mass is 32.2. The number of hydrogen-bond donors (Lipinski definition) is 3. The zero-order chi connectivity index (χ0) is 19.2. The van der Waals surface area contributed by atoms with Gasteiger partial charge < -0.3 is 15.7 Å². The van der Waals surface area contributed by atoms with Crippen LogP contribution in [0.1, 0.15) is 50.2 Å². The standard InChI is InChI=1S/C19H31N3O3S/c1-4-20-18(22-14-19(23)10-6-5-7-11-19)21-13-16-8-9-17(15(2)12-16)26(3,24)25/h8-9,12,23H,4-7,10-11,13-14H2,1-3H3,(H2,20,21,22). The fourth-order valence-corrected chi connectivity index (χ4v) is 4.33. The van der Waals surface area contributed by atoms with E-state index in [1.54, 1.807) is 19.1 Å². The number of rotatable bonds is 6. The molecule has 1 saturated carbocycles. The Morgan fingerprint density at radius 2 is 1.92 bits per heavy atom. The van der Waals surface area contributed by atoms with Crippen molar-refractivity contribution in [1.29, 1.82) is 0 Å². The fraction of sp³-hybridized carbons (Fsp3) is 0.632. The van der Waals surface area contributed by atoms with E-state index in [1.165, 1.54) is 12.7 Å². The van der Waals surface area contributed by atoms with Gasteiger partial charge in [0.2, 0.25) is 0 Å². The van der Waals surface area contributed by atoms with Crippen LogP contribution in [0.4, 0.5) is 0 Å². The minimum atomic E-state index is -3.21. The van der Waals surface area contributed by atoms with Gasteiger partial charge in [-0.15, -0.1) is 0 Å². The number of aryl methyl sites for hydroxylation is 1. The van der Waals surface area contributed by atoms with E-state index in [1.807, 2.05) is 13.0 Å². The maximum atomic E-state index is 11.7. The second-order valence-corrected chi connectivity index (χ2v) is 9.19. The molecule has 7 heteroatoms. The van der Waals surface area contributed by atoms with Gasteiger partial charge in [0.1, 0.15) is 0 Å². The number of aliphatic hydroxyl groups is 1. The number of aliphatic imine (C=N–C) groups is 1. The topological polar surface area (TPSA) is 90.8 Å². The second kappa shape index (κ2) is 8.86. The van der Waals surface area contributed by atoms with Crippen LogP contribution in [0, 0.1) is 6.92 Å². The van der Waals surface area contributed by atoms with Gasteiger partial charge in [0.05, 0.1) is 17.0 Å². The molecule has 0 saturated heterocycles. The number of guanidine groups is 1. The Bertz CT molecular complexity index is 738. The van der Waals surface area contributed by atoms with E-state index in [0.29, 0.717) is 23.9 Å². The van der Waals surface area contributed by atoms with Gasteiger partial charge in [-0.05, 0) is 43.9 Å². The summed E-state index contributed by atoms with van der Waals surface area (Å²) in [4.78, 5) is 4.92. The summed E-state index contributed by atoms with van der Waals surface area (Å²) in [7, 11) is -3.21. The lowest BCUT2D eigenvalue weighted by Gasteiger charge is -2.32. The minimum Gasteiger partial charge on any atom is -0.388 e. The molecule has 0 spiro atoms. The SMILES string of the molecule is CCNC(=NCc1ccc(S(C)(=O)=O)c(C)c1)NCC1(O)CCCCC1. The molecule has 0 atom stereocenters. The molecule has 0 aromatic heterocycles. The van der Waals surface area contributed by atoms with Gasteiger partial charge in [0, 0.05) is 19.3 Å². The molecule has 1 aromatic carbocycles. The summed E-state index contributed by atoms with van der Waals surface area (Å²) in [6.07, 6.45) is 6.20. The summed E-state index contributed by atoms with van der Waals surface area (Å²) in [5.41, 5.74) is 1.03. The maximum Gasteiger partial charge on any atom is 0.191 e. The van der Waals surface area contributed by atoms with E-state index < -0.39 is 15.4 Å². The highest BCUT2D eigenvalue weighted by molar-refractivity contribution is 7.90. The van der Waals surface area contributed by atoms with Gasteiger partial charge in [-0.2, -0.15) is 0 Å². The van der Waals surface area contributed by atoms with E-state index >= 15 is 0 Å². The third-order valence-corrected chi connectivity index (χ3v) is 6.03. The second-order valence-electron chi connectivity index (χ2n) is 7.21. The summed E-state index contributed by atoms with van der Waals surface area (Å²) in [6.45, 7) is 5.46. The van der Waals surface area contributed by atoms with Gasteiger partial charge in [-0.25, -0.2) is 13.4 Å². The van der Waals surface area contributed by atoms with Crippen LogP contribution in [0.15, 0.2) is 28.1 Å². The molecule has 0 heterocycles. The molecule has 1 aliphatic carbocycles. The highest BCUT2D eigenvalue weighted by Gasteiger charge is 2.29. The van der Waals surface area contributed by atoms with Crippen molar-refractivity contribution < 1.29 is 13.5 Å². The highest BCUT2D eigenvalue weighted by Crippen LogP contribution is 2.27. The van der Waals surface area contributed by atoms with Crippen LogP contribution in [-0.4, -0.2) is 44.4 Å². The molecule has 0 radical (unpaired) electrons. The summed E-state index contributed by atoms with van der Waals surface area (Å²) >= 11 is 0. The number of nitrogens with one attached hydrogen (secondary N) is 2. The van der Waals surface area contributed by atoms with Crippen molar-refractivity contribution in [2.75, 3.05) is 19.3 Å². The number of nitrogens with zero attached hydrogens (tertiary/aromatic N) is 1. The van der Waals surface area contributed by atoms with E-state index in [2.05, 4.69) is 15.6 Å². The average molecular weight is 382 g/mol. The van der Waals surface area contributed by atoms with E-state index in [0.717, 1.165) is 43.4 Å². The predicted octanol–water partition coefficient (Wildman–Crippen LogP) is 2.15. The predicted molar refractivity (Wildman–Crippen MR) is 105 cm³/mol. The first-order chi connectivity index (χ1) is 12.2. The van der Waals surface area contributed by atoms with Crippen LogP contribution in [0.2, 0.25) is 0 Å². The summed E-state index contributed by atoms with van der Waals surface area (Å²) in [5, 5.41) is 17.1. The van der Waals surface area contributed by atoms with Gasteiger partial charge in [-0.1, -0.05) is 31.4 Å². The first-order valence-corrected chi connectivity index (χ1v) is 11.2. The van der Waals surface area contributed by atoms with Crippen molar-refractivity contribution in [1.82, 2.24) is 10.6 Å². The maximum absolute atomic E-state index is 11.7. The van der Waals surface area contributed by atoms with Gasteiger partial charge >= 0.3 is 0 Å². The van der Waals surface area contributed by atoms with Gasteiger partial charge in [-0.3, -0.25) is 0 Å². The number of sulfone groups is 1. The number of hydrogen-bond acceptors (Lipinski definition) is 4. The molecule has 2 rings (SSSR count). The third-order valence-electron chi connectivity index (χ3n) is 4.77. The minimum absolute atomic E-state index is 0.356. The molecule has 0 aliphatic heterocycles. The third kappa shape index (κ3) is 5.99. The summed E-state index contributed by atoms with van der Waals surface area (Å²) < 4.78 is 23.4. The van der Waals surface area contributed by atoms with Crippen molar-refractivity contribution in [2.24, 2.45) is 4.99 Å². The fourth-order valence-electron chi connectivity index (χ4n) is 3.37. The quantitative estimate of drug-likeness (QED) is 0.519. The van der Waals surface area contributed by atoms with Gasteiger partial charge in [0.25, 0.3) is 0 Å². The molecule has 0 amide bonds. The molecular weight excluding hydrogens is 350 g/mol. The van der Waals surface area contributed by atoms with Crippen molar-refractivity contribution in [2.45, 2.75) is 63.0 Å². The Hall–Kier alpha value is -1.60. The van der Waals surface area contributed by atoms with Crippen molar-refractivity contribution in [3.05, 3.63) is 29.3 Å². The van der Waals surface area contributed by atoms with Crippen LogP contribution < -0.4 is 10.6 Å². The Morgan fingerprint density at radius 1 is 1.23 bits per heavy atom. The Kier molecular flexibility index (Phi) is 7.06. The first-order valence-electron chi connectivity index (χ1n) is 9.28. The number of benzene rings is 1. The van der Waals surface area contributed by atoms with Crippen LogP contribution >= 0.6 is 0 Å². The Labute approximate surface area is 157 Å². The van der Waals surface area contributed by atoms with Crippen molar-refractivity contribution in [3.8, 4) is 0 Å². The van der Waals surface area contributed by atoms with E-state index in [9.17, 15) is 13.5 Å². The normalized spacial score (nSPS) is 17.8. The molecule has 6 nitrogen and oxygen atoms in total. The van der Waals surface area contributed by atoms with Crippen molar-refractivity contribution in [3.63, 3.8) is 0 Å². The van der Waals surface area contributed by atoms with Gasteiger partial charge in [0.15, 0.2) is 15.8 Å². The van der Waals surface area contributed by atoms with E-state index in [4.69, 9.17) is 0 Å². The summed E-state index contributed by atoms with van der Waals surface area (Å²) in [6, 6.07) is 5.30. The molecule has 3 N–H and O–H groups in total. The molecular formula is C19H31N3O3S. The smallest absolute Gasteiger partial charge is 0.191 e. The van der Waals surface area contributed by atoms with Crippen LogP contribution in [0.3, 0.4) is 0 Å². The van der Waals surface area contributed by atoms with Crippen molar-refractivity contribution >= 4 is 15.8 Å². The molecule has 26 heavy (non-hydrogen) atoms. The lowest BCUT2D eigenvalue weighted by atomic mass is 9.85. The molecule has 0 unspecified atom stereocenters. The van der Waals surface area contributed by atoms with Crippen LogP contribution in [0.5, 0.6) is 0 Å². The van der Waals surface area contributed by atoms with Crippen LogP contribution in [-0.2, 0) is 16.4 Å². The molecule has 146 valence electrons. The lowest BCUT2D eigenvalue weighted by Crippen LogP contribution is -2.48. The molecule has 0 bridgehead atoms. The Morgan fingerprint density at radius 3 is 2.50 bits per heavy atom. The summed E-state index contributed by atoms with van der Waals surface area (Å²) in [5.74, 6) is 0.663. The average Bonchev–Trinajstić information content (AvgIpc) is 2.57. The van der Waals surface area contributed by atoms with Crippen LogP contribution in [0.25, 0.3) is 0 Å². The monoisotopic (exact) mass is 381 g/mol. The molecule has 1 fully saturated rings. The first kappa shape index (κ1) is 20.7. The molecule has 1 aliphatic rings. The zero-order valence-electron chi connectivity index (χ0n) is 16.0. The van der Waals surface area contributed by atoms with E-state index in [-0.39, 0.29) is 0 Å². The largest absolute Gasteiger partial charge is 0.388 e. The lowest BCUT2D eigenvalue weighted by molar-refractivity contribution is 0.00859.